The summed E-state index contributed by atoms with van der Waals surface area (Å²) in [4.78, 5) is 34.3. The van der Waals surface area contributed by atoms with Crippen LogP contribution in [-0.2, 0) is 18.5 Å². The molecule has 0 spiro atoms. The number of oxime groups is 1. The molecule has 75 heavy (non-hydrogen) atoms. The van der Waals surface area contributed by atoms with Gasteiger partial charge in [0.1, 0.15) is 39.9 Å². The van der Waals surface area contributed by atoms with Crippen LogP contribution < -0.4 is 22.1 Å². The second-order valence-corrected chi connectivity index (χ2v) is 14.8. The monoisotopic (exact) mass is 1110 g/mol. The average molecular weight is 1110 g/mol. The SMILES string of the molecule is FC(F)(F)c1ccc(-n2ccc(Br)n2)nc1.N#Cc1cnc(N)cn1.N#Cc1cnc(Nc2ccn(-c3ccc(C(F)(F)F)cn3)n2)cn1.N/C(=N\O)c1cnc(Nc2ccn(-c3ccc(C(F)(F)F)cn3)n2)cn1. The number of hydrogen-bond acceptors (Lipinski definition) is 19. The van der Waals surface area contributed by atoms with E-state index >= 15 is 0 Å². The lowest BCUT2D eigenvalue weighted by atomic mass is 10.3. The molecule has 7 N–H and O–H groups in total. The molecule has 9 heterocycles. The highest BCUT2D eigenvalue weighted by atomic mass is 79.9. The van der Waals surface area contributed by atoms with E-state index in [0.717, 1.165) is 36.8 Å². The van der Waals surface area contributed by atoms with Crippen molar-refractivity contribution in [3.63, 3.8) is 0 Å². The number of nitrogens with one attached hydrogen (secondary N) is 2. The van der Waals surface area contributed by atoms with Crippen molar-refractivity contribution >= 4 is 50.9 Å². The van der Waals surface area contributed by atoms with E-state index in [9.17, 15) is 39.5 Å². The number of aromatic nitrogens is 15. The first kappa shape index (κ1) is 54.2. The van der Waals surface area contributed by atoms with Gasteiger partial charge >= 0.3 is 18.5 Å². The van der Waals surface area contributed by atoms with Crippen LogP contribution >= 0.6 is 15.9 Å². The predicted molar refractivity (Wildman–Crippen MR) is 246 cm³/mol. The third kappa shape index (κ3) is 15.7. The van der Waals surface area contributed by atoms with E-state index in [0.29, 0.717) is 39.5 Å². The van der Waals surface area contributed by atoms with Crippen molar-refractivity contribution in [3.05, 3.63) is 167 Å². The van der Waals surface area contributed by atoms with Crippen molar-refractivity contribution in [1.29, 1.82) is 10.5 Å². The summed E-state index contributed by atoms with van der Waals surface area (Å²) in [6.07, 6.45) is 1.67. The van der Waals surface area contributed by atoms with Gasteiger partial charge in [-0.2, -0.15) is 55.1 Å². The second kappa shape index (κ2) is 23.8. The zero-order valence-corrected chi connectivity index (χ0v) is 38.6. The number of rotatable bonds is 8. The lowest BCUT2D eigenvalue weighted by molar-refractivity contribution is -0.138. The first-order chi connectivity index (χ1) is 35.6. The summed E-state index contributed by atoms with van der Waals surface area (Å²) in [6, 6.07) is 15.1. The fourth-order valence-electron chi connectivity index (χ4n) is 5.22. The number of anilines is 5. The van der Waals surface area contributed by atoms with Crippen molar-refractivity contribution in [2.24, 2.45) is 10.9 Å². The molecule has 9 rings (SSSR count). The zero-order chi connectivity index (χ0) is 54.3. The minimum Gasteiger partial charge on any atom is -0.409 e. The van der Waals surface area contributed by atoms with Gasteiger partial charge in [0.2, 0.25) is 0 Å². The van der Waals surface area contributed by atoms with Gasteiger partial charge in [0.25, 0.3) is 0 Å². The van der Waals surface area contributed by atoms with Crippen LogP contribution in [0.3, 0.4) is 0 Å². The highest BCUT2D eigenvalue weighted by Gasteiger charge is 2.32. The molecule has 0 amide bonds. The molecule has 0 fully saturated rings. The lowest BCUT2D eigenvalue weighted by Crippen LogP contribution is -2.15. The average Bonchev–Trinajstić information content (AvgIpc) is 4.19. The quantitative estimate of drug-likeness (QED) is 0.0322. The number of halogens is 10. The number of hydrogen-bond donors (Lipinski definition) is 5. The molecule has 0 bridgehead atoms. The topological polar surface area (TPSA) is 326 Å². The van der Waals surface area contributed by atoms with Crippen molar-refractivity contribution in [2.45, 2.75) is 18.5 Å². The van der Waals surface area contributed by atoms with Gasteiger partial charge in [0.05, 0.1) is 53.9 Å². The number of nitriles is 2. The summed E-state index contributed by atoms with van der Waals surface area (Å²) in [5.41, 5.74) is 8.79. The van der Waals surface area contributed by atoms with Crippen molar-refractivity contribution in [1.82, 2.24) is 74.2 Å². The fraction of sp³-hybridized carbons (Fsp3) is 0.0714. The number of pyridine rings is 3. The van der Waals surface area contributed by atoms with Gasteiger partial charge in [-0.05, 0) is 58.4 Å². The van der Waals surface area contributed by atoms with Gasteiger partial charge in [0, 0.05) is 49.3 Å². The standard InChI is InChI=1S/C14H11F3N8O.C14H8F3N7.C9H5BrF3N3.C5H4N4/c15-14(16,17)8-1-2-12(21-5-8)25-4-3-10(23-25)22-11-7-19-9(6-20-11)13(18)24-26;15-14(16,17)9-1-2-13(21-6-9)24-4-3-11(23-24)22-12-8-19-10(5-18)7-20-12;10-7-3-4-16(15-7)8-2-1-6(5-14-8)9(11,12)13;6-1-4-2-9-5(7)3-8-4/h1-7,26H,(H2,18,24)(H,20,22,23);1-4,6-8H,(H,20,22,23);1-5H;2-3H,(H2,7,9). The molecule has 382 valence electrons. The summed E-state index contributed by atoms with van der Waals surface area (Å²) < 4.78 is 117. The molecule has 0 aliphatic carbocycles. The van der Waals surface area contributed by atoms with Crippen LogP contribution in [0.25, 0.3) is 17.5 Å². The van der Waals surface area contributed by atoms with Gasteiger partial charge in [-0.3, -0.25) is 0 Å². The Morgan fingerprint density at radius 1 is 0.507 bits per heavy atom. The molecule has 9 aromatic rings. The van der Waals surface area contributed by atoms with Crippen LogP contribution in [-0.4, -0.2) is 85.2 Å². The molecular formula is C42H28BrF9N22O. The summed E-state index contributed by atoms with van der Waals surface area (Å²) in [6.45, 7) is 0. The maximum atomic E-state index is 12.6. The van der Waals surface area contributed by atoms with Crippen LogP contribution in [0.1, 0.15) is 33.8 Å². The number of amidine groups is 1. The molecule has 9 aromatic heterocycles. The molecule has 0 unspecified atom stereocenters. The van der Waals surface area contributed by atoms with Crippen LogP contribution in [0.2, 0.25) is 0 Å². The Morgan fingerprint density at radius 2 is 0.920 bits per heavy atom. The Hall–Kier alpha value is -10.2. The van der Waals surface area contributed by atoms with E-state index in [1.807, 2.05) is 12.1 Å². The Kier molecular flexibility index (Phi) is 17.2. The maximum Gasteiger partial charge on any atom is 0.417 e. The van der Waals surface area contributed by atoms with E-state index in [1.54, 1.807) is 24.4 Å². The van der Waals surface area contributed by atoms with Crippen molar-refractivity contribution in [3.8, 4) is 29.6 Å². The number of nitrogens with two attached hydrogens (primary N) is 2. The van der Waals surface area contributed by atoms with Gasteiger partial charge in [-0.1, -0.05) is 5.16 Å². The largest absolute Gasteiger partial charge is 0.417 e. The first-order valence-corrected chi connectivity index (χ1v) is 20.9. The summed E-state index contributed by atoms with van der Waals surface area (Å²) in [7, 11) is 0. The van der Waals surface area contributed by atoms with Gasteiger partial charge in [-0.15, -0.1) is 10.2 Å². The molecule has 0 radical (unpaired) electrons. The molecule has 0 saturated carbocycles. The molecule has 0 aromatic carbocycles. The summed E-state index contributed by atoms with van der Waals surface area (Å²) >= 11 is 3.14. The van der Waals surface area contributed by atoms with Gasteiger partial charge in [-0.25, -0.2) is 58.9 Å². The zero-order valence-electron chi connectivity index (χ0n) is 37.1. The molecule has 0 atom stereocenters. The minimum absolute atomic E-state index is 0.179. The normalized spacial score (nSPS) is 11.3. The highest BCUT2D eigenvalue weighted by molar-refractivity contribution is 9.10. The Labute approximate surface area is 421 Å². The minimum atomic E-state index is -4.45. The third-order valence-corrected chi connectivity index (χ3v) is 9.17. The number of nitrogens with zero attached hydrogens (tertiary/aromatic N) is 18. The molecular weight excluding hydrogens is 1080 g/mol. The molecule has 0 aliphatic heterocycles. The van der Waals surface area contributed by atoms with E-state index in [1.165, 1.54) is 81.8 Å². The third-order valence-electron chi connectivity index (χ3n) is 8.75. The molecule has 0 saturated heterocycles. The fourth-order valence-corrected chi connectivity index (χ4v) is 5.51. The second-order valence-electron chi connectivity index (χ2n) is 13.9. The Morgan fingerprint density at radius 3 is 1.24 bits per heavy atom. The number of alkyl halides is 9. The first-order valence-electron chi connectivity index (χ1n) is 20.1. The van der Waals surface area contributed by atoms with E-state index < -0.39 is 35.2 Å². The molecule has 23 nitrogen and oxygen atoms in total. The van der Waals surface area contributed by atoms with Crippen LogP contribution in [0.5, 0.6) is 0 Å². The van der Waals surface area contributed by atoms with E-state index in [-0.39, 0.29) is 34.6 Å². The maximum absolute atomic E-state index is 12.6. The predicted octanol–water partition coefficient (Wildman–Crippen LogP) is 7.58. The van der Waals surface area contributed by atoms with Crippen LogP contribution in [0.4, 0.5) is 68.6 Å². The number of nitrogen functional groups attached to an aromatic ring is 1. The van der Waals surface area contributed by atoms with Crippen LogP contribution in [0, 0.1) is 22.7 Å². The Balaban J connectivity index is 0.000000172. The van der Waals surface area contributed by atoms with E-state index in [2.05, 4.69) is 91.9 Å². The summed E-state index contributed by atoms with van der Waals surface area (Å²) in [5.74, 6) is 2.42. The molecule has 33 heteroatoms. The van der Waals surface area contributed by atoms with Crippen LogP contribution in [0.15, 0.2) is 139 Å². The summed E-state index contributed by atoms with van der Waals surface area (Å²) in [5, 5.41) is 46.2. The smallest absolute Gasteiger partial charge is 0.409 e. The highest BCUT2D eigenvalue weighted by Crippen LogP contribution is 2.31. The van der Waals surface area contributed by atoms with Gasteiger partial charge < -0.3 is 27.3 Å². The van der Waals surface area contributed by atoms with Gasteiger partial charge in [0.15, 0.2) is 46.3 Å². The molecule has 0 aliphatic rings. The Bertz CT molecular complexity index is 3390. The van der Waals surface area contributed by atoms with Crippen molar-refractivity contribution < 1.29 is 44.7 Å². The van der Waals surface area contributed by atoms with E-state index in [4.69, 9.17) is 27.2 Å². The van der Waals surface area contributed by atoms with Crippen molar-refractivity contribution in [2.75, 3.05) is 16.4 Å². The lowest BCUT2D eigenvalue weighted by Gasteiger charge is -2.06.